The predicted octanol–water partition coefficient (Wildman–Crippen LogP) is 8.62. The number of unbranched alkanes of at least 4 members (excludes halogenated alkanes) is 2. The molecule has 0 bridgehead atoms. The van der Waals surface area contributed by atoms with Crippen LogP contribution >= 0.6 is 0 Å². The van der Waals surface area contributed by atoms with Gasteiger partial charge in [-0.2, -0.15) is 6.08 Å². The zero-order valence-corrected chi connectivity index (χ0v) is 39.3. The Morgan fingerprint density at radius 2 is 1.13 bits per heavy atom. The topological polar surface area (TPSA) is 0 Å². The normalized spacial score (nSPS) is 12.4. The van der Waals surface area contributed by atoms with Crippen molar-refractivity contribution in [3.63, 3.8) is 0 Å². The van der Waals surface area contributed by atoms with Crippen molar-refractivity contribution in [2.45, 2.75) is 145 Å². The number of fused-ring (bicyclic) bond motifs is 3. The molecule has 0 saturated heterocycles. The Labute approximate surface area is 357 Å². The minimum Gasteiger partial charge on any atom is -1.00 e. The molecule has 0 aromatic heterocycles. The molecule has 0 nitrogen and oxygen atoms in total. The van der Waals surface area contributed by atoms with Gasteiger partial charge in [-0.25, -0.2) is 12.2 Å². The van der Waals surface area contributed by atoms with Crippen LogP contribution in [0.15, 0.2) is 72.8 Å². The Hall–Kier alpha value is -2.31. The third-order valence-corrected chi connectivity index (χ3v) is 11.2. The molecule has 4 aromatic carbocycles. The molecule has 4 aromatic rings. The Morgan fingerprint density at radius 3 is 1.56 bits per heavy atom. The third-order valence-electron chi connectivity index (χ3n) is 9.97. The zero-order valence-electron chi connectivity index (χ0n) is 35.3. The maximum absolute atomic E-state index is 3.95. The number of halogens is 2. The zero-order chi connectivity index (χ0) is 38.2. The van der Waals surface area contributed by atoms with E-state index in [0.717, 1.165) is 12.8 Å². The monoisotopic (exact) mass is 836 g/mol. The van der Waals surface area contributed by atoms with Crippen molar-refractivity contribution < 1.29 is 49.0 Å². The number of hydrogen-bond acceptors (Lipinski definition) is 0. The summed E-state index contributed by atoms with van der Waals surface area (Å²) in [6.45, 7) is 27.3. The molecular formula is C51H64Cl2Zr-2. The fourth-order valence-electron chi connectivity index (χ4n) is 7.37. The van der Waals surface area contributed by atoms with Crippen molar-refractivity contribution in [1.29, 1.82) is 0 Å². The van der Waals surface area contributed by atoms with E-state index in [1.54, 1.807) is 27.4 Å². The van der Waals surface area contributed by atoms with Gasteiger partial charge in [-0.1, -0.05) is 129 Å². The van der Waals surface area contributed by atoms with Gasteiger partial charge in [0, 0.05) is 0 Å². The third kappa shape index (κ3) is 13.1. The molecule has 0 heterocycles. The molecule has 288 valence electrons. The first-order chi connectivity index (χ1) is 24.5. The first-order valence-electron chi connectivity index (χ1n) is 19.7. The van der Waals surface area contributed by atoms with Crippen molar-refractivity contribution in [3.05, 3.63) is 129 Å². The van der Waals surface area contributed by atoms with Crippen molar-refractivity contribution >= 4 is 3.21 Å². The van der Waals surface area contributed by atoms with Gasteiger partial charge in [0.05, 0.1) is 0 Å². The Kier molecular flexibility index (Phi) is 18.9. The van der Waals surface area contributed by atoms with Crippen LogP contribution in [0, 0.1) is 39.8 Å². The Balaban J connectivity index is 0.000000498. The van der Waals surface area contributed by atoms with Crippen molar-refractivity contribution in [1.82, 2.24) is 0 Å². The second kappa shape index (κ2) is 21.3. The van der Waals surface area contributed by atoms with Gasteiger partial charge in [0.2, 0.25) is 0 Å². The van der Waals surface area contributed by atoms with Crippen LogP contribution in [0.1, 0.15) is 145 Å². The van der Waals surface area contributed by atoms with Gasteiger partial charge >= 0.3 is 79.8 Å². The van der Waals surface area contributed by atoms with Gasteiger partial charge in [0.15, 0.2) is 0 Å². The van der Waals surface area contributed by atoms with E-state index in [0.29, 0.717) is 0 Å². The van der Waals surface area contributed by atoms with E-state index in [2.05, 4.69) is 156 Å². The number of benzene rings is 4. The van der Waals surface area contributed by atoms with Crippen LogP contribution in [0.4, 0.5) is 0 Å². The molecule has 0 N–H and O–H groups in total. The maximum atomic E-state index is 3.95. The standard InChI is InChI=1S/C37H41.C9H18.C5H5.2ClH.Zr/c1-22-11-23(2)14-26(13-22)32-18-28-17-29-19-33(27-15-24(3)12-25(4)16-27)35(37(8,9)10)21-31(29)30(28)20-34(32)36(5,6)7;1-3-5-7-9-8-6-4-2;1-2-4-5-3-1;;;/h11-16,18,20-21H,17H2,1-10H3;3-8H2,1-2H3;1-3H,4H2;2*1H;/q-1;;-1;;;+2/p-2. The van der Waals surface area contributed by atoms with Crippen LogP contribution < -0.4 is 24.8 Å². The molecule has 0 fully saturated rings. The second-order valence-electron chi connectivity index (χ2n) is 17.2. The molecule has 6 rings (SSSR count). The summed E-state index contributed by atoms with van der Waals surface area (Å²) in [5.41, 5.74) is 18.9. The van der Waals surface area contributed by atoms with Crippen LogP contribution in [-0.4, -0.2) is 3.21 Å². The summed E-state index contributed by atoms with van der Waals surface area (Å²) in [5.74, 6) is 0. The average molecular weight is 839 g/mol. The molecule has 54 heavy (non-hydrogen) atoms. The predicted molar refractivity (Wildman–Crippen MR) is 226 cm³/mol. The number of rotatable bonds is 8. The van der Waals surface area contributed by atoms with E-state index in [1.807, 2.05) is 12.2 Å². The summed E-state index contributed by atoms with van der Waals surface area (Å²) in [6.07, 6.45) is 19.3. The average Bonchev–Trinajstić information content (AvgIpc) is 3.75. The fraction of sp³-hybridized carbons (Fsp3) is 0.431. The van der Waals surface area contributed by atoms with Gasteiger partial charge in [-0.15, -0.1) is 35.2 Å². The largest absolute Gasteiger partial charge is 1.00 e. The molecular weight excluding hydrogens is 775 g/mol. The molecule has 0 saturated carbocycles. The molecule has 0 atom stereocenters. The molecule has 0 aliphatic heterocycles. The number of allylic oxidation sites excluding steroid dienone is 4. The number of aryl methyl sites for hydroxylation is 4. The van der Waals surface area contributed by atoms with Gasteiger partial charge in [0.25, 0.3) is 0 Å². The smallest absolute Gasteiger partial charge is 0.0126 e. The van der Waals surface area contributed by atoms with Crippen LogP contribution in [0.5, 0.6) is 0 Å². The first kappa shape index (κ1) is 47.8. The van der Waals surface area contributed by atoms with Crippen molar-refractivity contribution in [2.75, 3.05) is 0 Å². The summed E-state index contributed by atoms with van der Waals surface area (Å²) < 4.78 is 1.79. The summed E-state index contributed by atoms with van der Waals surface area (Å²) in [5, 5.41) is 0. The van der Waals surface area contributed by atoms with Crippen molar-refractivity contribution in [2.24, 2.45) is 0 Å². The van der Waals surface area contributed by atoms with Crippen LogP contribution in [-0.2, 0) is 41.5 Å². The molecule has 0 amide bonds. The molecule has 0 radical (unpaired) electrons. The Bertz CT molecular complexity index is 1750. The minimum atomic E-state index is 0. The van der Waals surface area contributed by atoms with Gasteiger partial charge in [0.1, 0.15) is 0 Å². The van der Waals surface area contributed by atoms with Crippen LogP contribution in [0.3, 0.4) is 0 Å². The van der Waals surface area contributed by atoms with E-state index in [4.69, 9.17) is 0 Å². The maximum Gasteiger partial charge on any atom is -0.0126 e. The molecule has 2 aliphatic rings. The second-order valence-corrected chi connectivity index (χ2v) is 19.0. The van der Waals surface area contributed by atoms with E-state index in [-0.39, 0.29) is 35.6 Å². The summed E-state index contributed by atoms with van der Waals surface area (Å²) in [6, 6.07) is 25.2. The summed E-state index contributed by atoms with van der Waals surface area (Å²) in [4.78, 5) is 0. The SMILES string of the molecule is CCCC[C](=[Zr+2])CCCC.Cc1cc(C)cc(-c2[c-]c3c(cc2C(C)(C)C)-c2cc(C(C)(C)C)c(-c4cc(C)cc(C)c4)cc2C3)c1.[C-]1=CC=CC1.[Cl-].[Cl-]. The summed E-state index contributed by atoms with van der Waals surface area (Å²) in [7, 11) is 0. The molecule has 0 unspecified atom stereocenters. The van der Waals surface area contributed by atoms with Gasteiger partial charge in [-0.3, -0.25) is 6.08 Å². The molecule has 0 spiro atoms. The van der Waals surface area contributed by atoms with E-state index in [1.165, 1.54) is 116 Å². The summed E-state index contributed by atoms with van der Waals surface area (Å²) >= 11 is 1.67. The molecule has 3 heteroatoms. The first-order valence-corrected chi connectivity index (χ1v) is 21.0. The van der Waals surface area contributed by atoms with E-state index in [9.17, 15) is 0 Å². The van der Waals surface area contributed by atoms with E-state index >= 15 is 0 Å². The van der Waals surface area contributed by atoms with Gasteiger partial charge in [-0.05, 0) is 67.2 Å². The molecule has 2 aliphatic carbocycles. The van der Waals surface area contributed by atoms with E-state index < -0.39 is 0 Å². The minimum absolute atomic E-state index is 0. The number of hydrogen-bond donors (Lipinski definition) is 0. The van der Waals surface area contributed by atoms with Crippen LogP contribution in [0.25, 0.3) is 33.4 Å². The Morgan fingerprint density at radius 1 is 0.630 bits per heavy atom. The van der Waals surface area contributed by atoms with Gasteiger partial charge < -0.3 is 24.8 Å². The quantitative estimate of drug-likeness (QED) is 0.138. The van der Waals surface area contributed by atoms with Crippen molar-refractivity contribution in [3.8, 4) is 33.4 Å². The van der Waals surface area contributed by atoms with Crippen LogP contribution in [0.2, 0.25) is 0 Å². The fourth-order valence-corrected chi connectivity index (χ4v) is 8.24.